The van der Waals surface area contributed by atoms with Crippen molar-refractivity contribution in [3.63, 3.8) is 0 Å². The molecule has 1 fully saturated rings. The number of carbonyl (C=O) groups is 1. The van der Waals surface area contributed by atoms with Gasteiger partial charge in [0.05, 0.1) is 13.2 Å². The van der Waals surface area contributed by atoms with Crippen molar-refractivity contribution in [2.75, 3.05) is 32.8 Å². The molecule has 17 heavy (non-hydrogen) atoms. The van der Waals surface area contributed by atoms with E-state index in [-0.39, 0.29) is 5.91 Å². The number of rotatable bonds is 9. The summed E-state index contributed by atoms with van der Waals surface area (Å²) in [4.78, 5) is 13.8. The number of hydrogen-bond acceptors (Lipinski definition) is 3. The molecule has 0 aliphatic heterocycles. The highest BCUT2D eigenvalue weighted by Gasteiger charge is 2.30. The number of nitrogens with one attached hydrogen (secondary N) is 1. The highest BCUT2D eigenvalue weighted by atomic mass is 16.5. The topological polar surface area (TPSA) is 41.6 Å². The van der Waals surface area contributed by atoms with Crippen LogP contribution in [0.2, 0.25) is 0 Å². The first-order valence-corrected chi connectivity index (χ1v) is 6.73. The van der Waals surface area contributed by atoms with E-state index in [1.807, 2.05) is 11.8 Å². The van der Waals surface area contributed by atoms with Crippen molar-refractivity contribution >= 4 is 5.91 Å². The molecule has 0 heterocycles. The molecule has 1 saturated carbocycles. The maximum atomic E-state index is 11.8. The zero-order valence-corrected chi connectivity index (χ0v) is 11.4. The Labute approximate surface area is 105 Å². The molecule has 0 atom stereocenters. The van der Waals surface area contributed by atoms with E-state index in [0.717, 1.165) is 19.7 Å². The van der Waals surface area contributed by atoms with Gasteiger partial charge in [0.15, 0.2) is 0 Å². The van der Waals surface area contributed by atoms with Gasteiger partial charge in [0.2, 0.25) is 5.91 Å². The van der Waals surface area contributed by atoms with Gasteiger partial charge in [0.25, 0.3) is 0 Å². The van der Waals surface area contributed by atoms with Gasteiger partial charge in [-0.3, -0.25) is 4.79 Å². The van der Waals surface area contributed by atoms with Crippen LogP contribution in [0.1, 0.15) is 33.6 Å². The average Bonchev–Trinajstić information content (AvgIpc) is 3.08. The Morgan fingerprint density at radius 2 is 2.18 bits per heavy atom. The molecular formula is C13H26N2O2. The highest BCUT2D eigenvalue weighted by molar-refractivity contribution is 5.78. The van der Waals surface area contributed by atoms with Crippen LogP contribution in [0, 0.1) is 5.92 Å². The number of carbonyl (C=O) groups excluding carboxylic acids is 1. The molecule has 1 aliphatic carbocycles. The highest BCUT2D eigenvalue weighted by Crippen LogP contribution is 2.26. The molecule has 0 aromatic heterocycles. The lowest BCUT2D eigenvalue weighted by atomic mass is 10.2. The summed E-state index contributed by atoms with van der Waals surface area (Å²) in [6.07, 6.45) is 2.36. The van der Waals surface area contributed by atoms with Gasteiger partial charge in [-0.05, 0) is 25.7 Å². The Kier molecular flexibility index (Phi) is 6.52. The third-order valence-electron chi connectivity index (χ3n) is 2.80. The van der Waals surface area contributed by atoms with Crippen LogP contribution < -0.4 is 5.32 Å². The molecule has 4 heteroatoms. The first kappa shape index (κ1) is 14.5. The molecular weight excluding hydrogens is 216 g/mol. The second-order valence-corrected chi connectivity index (χ2v) is 5.06. The number of amides is 1. The van der Waals surface area contributed by atoms with E-state index >= 15 is 0 Å². The lowest BCUT2D eigenvalue weighted by Gasteiger charge is -2.20. The second-order valence-electron chi connectivity index (χ2n) is 5.06. The van der Waals surface area contributed by atoms with Crippen molar-refractivity contribution in [2.24, 2.45) is 5.92 Å². The molecule has 1 amide bonds. The van der Waals surface area contributed by atoms with Crippen LogP contribution in [0.25, 0.3) is 0 Å². The van der Waals surface area contributed by atoms with Crippen molar-refractivity contribution in [1.82, 2.24) is 10.2 Å². The Balaban J connectivity index is 1.99. The summed E-state index contributed by atoms with van der Waals surface area (Å²) in [5.41, 5.74) is 0. The van der Waals surface area contributed by atoms with Crippen LogP contribution in [0.15, 0.2) is 0 Å². The smallest absolute Gasteiger partial charge is 0.236 e. The zero-order valence-electron chi connectivity index (χ0n) is 11.4. The summed E-state index contributed by atoms with van der Waals surface area (Å²) < 4.78 is 5.44. The van der Waals surface area contributed by atoms with Gasteiger partial charge in [0.1, 0.15) is 0 Å². The molecule has 4 nitrogen and oxygen atoms in total. The molecule has 0 spiro atoms. The van der Waals surface area contributed by atoms with Crippen LogP contribution in [0.3, 0.4) is 0 Å². The van der Waals surface area contributed by atoms with Crippen LogP contribution >= 0.6 is 0 Å². The summed E-state index contributed by atoms with van der Waals surface area (Å²) in [5, 5.41) is 3.14. The maximum Gasteiger partial charge on any atom is 0.236 e. The van der Waals surface area contributed by atoms with E-state index in [4.69, 9.17) is 4.74 Å². The first-order chi connectivity index (χ1) is 8.15. The van der Waals surface area contributed by atoms with Crippen molar-refractivity contribution in [3.05, 3.63) is 0 Å². The summed E-state index contributed by atoms with van der Waals surface area (Å²) in [5.74, 6) is 0.793. The van der Waals surface area contributed by atoms with Crippen LogP contribution in [0.4, 0.5) is 0 Å². The van der Waals surface area contributed by atoms with Gasteiger partial charge in [-0.15, -0.1) is 0 Å². The fourth-order valence-corrected chi connectivity index (χ4v) is 1.78. The van der Waals surface area contributed by atoms with E-state index in [9.17, 15) is 4.79 Å². The van der Waals surface area contributed by atoms with E-state index in [1.165, 1.54) is 12.8 Å². The Morgan fingerprint density at radius 1 is 1.47 bits per heavy atom. The lowest BCUT2D eigenvalue weighted by Crippen LogP contribution is -2.40. The summed E-state index contributed by atoms with van der Waals surface area (Å²) >= 11 is 0. The standard InChI is InChI=1S/C13H26N2O2/c1-4-15(12-5-6-12)13(16)9-14-7-8-17-10-11(2)3/h11-12,14H,4-10H2,1-3H3. The predicted molar refractivity (Wildman–Crippen MR) is 68.9 cm³/mol. The second kappa shape index (κ2) is 7.67. The SMILES string of the molecule is CCN(C(=O)CNCCOCC(C)C)C1CC1. The molecule has 1 N–H and O–H groups in total. The predicted octanol–water partition coefficient (Wildman–Crippen LogP) is 1.26. The summed E-state index contributed by atoms with van der Waals surface area (Å²) in [7, 11) is 0. The van der Waals surface area contributed by atoms with Gasteiger partial charge < -0.3 is 15.0 Å². The van der Waals surface area contributed by atoms with E-state index in [1.54, 1.807) is 0 Å². The molecule has 0 aromatic rings. The van der Waals surface area contributed by atoms with Crippen molar-refractivity contribution in [3.8, 4) is 0 Å². The van der Waals surface area contributed by atoms with Crippen molar-refractivity contribution in [1.29, 1.82) is 0 Å². The fraction of sp³-hybridized carbons (Fsp3) is 0.923. The van der Waals surface area contributed by atoms with Crippen molar-refractivity contribution in [2.45, 2.75) is 39.7 Å². The third kappa shape index (κ3) is 6.03. The summed E-state index contributed by atoms with van der Waals surface area (Å²) in [6.45, 7) is 9.80. The Morgan fingerprint density at radius 3 is 2.71 bits per heavy atom. The first-order valence-electron chi connectivity index (χ1n) is 6.73. The summed E-state index contributed by atoms with van der Waals surface area (Å²) in [6, 6.07) is 0.520. The zero-order chi connectivity index (χ0) is 12.7. The molecule has 1 aliphatic rings. The fourth-order valence-electron chi connectivity index (χ4n) is 1.78. The van der Waals surface area contributed by atoms with Crippen LogP contribution in [-0.2, 0) is 9.53 Å². The quantitative estimate of drug-likeness (QED) is 0.619. The van der Waals surface area contributed by atoms with Gasteiger partial charge in [-0.2, -0.15) is 0 Å². The largest absolute Gasteiger partial charge is 0.380 e. The molecule has 0 bridgehead atoms. The number of ether oxygens (including phenoxy) is 1. The minimum atomic E-state index is 0.221. The molecule has 0 saturated heterocycles. The van der Waals surface area contributed by atoms with Gasteiger partial charge >= 0.3 is 0 Å². The number of likely N-dealkylation sites (N-methyl/N-ethyl adjacent to an activating group) is 1. The normalized spacial score (nSPS) is 15.3. The molecule has 100 valence electrons. The molecule has 1 rings (SSSR count). The molecule has 0 unspecified atom stereocenters. The minimum absolute atomic E-state index is 0.221. The maximum absolute atomic E-state index is 11.8. The van der Waals surface area contributed by atoms with E-state index in [0.29, 0.717) is 25.1 Å². The van der Waals surface area contributed by atoms with Crippen LogP contribution in [0.5, 0.6) is 0 Å². The Hall–Kier alpha value is -0.610. The van der Waals surface area contributed by atoms with Crippen molar-refractivity contribution < 1.29 is 9.53 Å². The van der Waals surface area contributed by atoms with Gasteiger partial charge in [-0.1, -0.05) is 13.8 Å². The molecule has 0 aromatic carbocycles. The van der Waals surface area contributed by atoms with E-state index < -0.39 is 0 Å². The molecule has 0 radical (unpaired) electrons. The van der Waals surface area contributed by atoms with Crippen LogP contribution in [-0.4, -0.2) is 49.7 Å². The van der Waals surface area contributed by atoms with Gasteiger partial charge in [0, 0.05) is 25.7 Å². The number of hydrogen-bond donors (Lipinski definition) is 1. The average molecular weight is 242 g/mol. The Bertz CT molecular complexity index is 227. The van der Waals surface area contributed by atoms with Gasteiger partial charge in [-0.25, -0.2) is 0 Å². The van der Waals surface area contributed by atoms with E-state index in [2.05, 4.69) is 19.2 Å². The minimum Gasteiger partial charge on any atom is -0.380 e. The lowest BCUT2D eigenvalue weighted by molar-refractivity contribution is -0.130. The number of nitrogens with zero attached hydrogens (tertiary/aromatic N) is 1. The monoisotopic (exact) mass is 242 g/mol. The third-order valence-corrected chi connectivity index (χ3v) is 2.80.